The Morgan fingerprint density at radius 3 is 2.52 bits per heavy atom. The molecule has 2 aromatic heterocycles. The number of hydrogen-bond acceptors (Lipinski definition) is 5. The second kappa shape index (κ2) is 7.52. The van der Waals surface area contributed by atoms with E-state index in [2.05, 4.69) is 10.3 Å². The monoisotopic (exact) mass is 405 g/mol. The summed E-state index contributed by atoms with van der Waals surface area (Å²) in [5.41, 5.74) is 3.20. The number of amides is 1. The van der Waals surface area contributed by atoms with E-state index in [0.29, 0.717) is 15.9 Å². The predicted molar refractivity (Wildman–Crippen MR) is 116 cm³/mol. The van der Waals surface area contributed by atoms with Crippen molar-refractivity contribution >= 4 is 33.1 Å². The summed E-state index contributed by atoms with van der Waals surface area (Å²) in [5.74, 6) is -0.228. The minimum Gasteiger partial charge on any atom is -0.508 e. The molecule has 0 aliphatic carbocycles. The highest BCUT2D eigenvalue weighted by atomic mass is 32.1. The number of carbonyl (C=O) groups is 1. The first kappa shape index (κ1) is 18.9. The van der Waals surface area contributed by atoms with Crippen LogP contribution in [0.25, 0.3) is 21.3 Å². The molecule has 146 valence electrons. The number of aromatic hydroxyl groups is 1. The normalized spacial score (nSPS) is 12.1. The Morgan fingerprint density at radius 1 is 1.14 bits per heavy atom. The fourth-order valence-corrected chi connectivity index (χ4v) is 3.99. The van der Waals surface area contributed by atoms with Gasteiger partial charge in [0.15, 0.2) is 0 Å². The van der Waals surface area contributed by atoms with Crippen molar-refractivity contribution in [3.63, 3.8) is 0 Å². The lowest BCUT2D eigenvalue weighted by atomic mass is 10.0. The summed E-state index contributed by atoms with van der Waals surface area (Å²) in [6.07, 6.45) is 1.42. The number of phenolic OH excluding ortho intramolecular Hbond substituents is 1. The van der Waals surface area contributed by atoms with Crippen molar-refractivity contribution in [3.05, 3.63) is 76.2 Å². The van der Waals surface area contributed by atoms with E-state index in [1.807, 2.05) is 36.6 Å². The fraction of sp³-hybridized carbons (Fsp3) is 0.136. The molecule has 0 radical (unpaired) electrons. The first-order valence-electron chi connectivity index (χ1n) is 9.09. The van der Waals surface area contributed by atoms with Gasteiger partial charge in [0, 0.05) is 16.6 Å². The van der Waals surface area contributed by atoms with Crippen LogP contribution in [0.15, 0.2) is 65.0 Å². The van der Waals surface area contributed by atoms with Crippen molar-refractivity contribution in [2.24, 2.45) is 0 Å². The number of carbonyl (C=O) groups excluding carboxylic acids is 1. The lowest BCUT2D eigenvalue weighted by molar-refractivity contribution is -0.118. The lowest BCUT2D eigenvalue weighted by Crippen LogP contribution is -2.31. The topological polar surface area (TPSA) is 84.2 Å². The van der Waals surface area contributed by atoms with E-state index in [4.69, 9.17) is 0 Å². The summed E-state index contributed by atoms with van der Waals surface area (Å²) >= 11 is 1.41. The third-order valence-corrected chi connectivity index (χ3v) is 5.70. The van der Waals surface area contributed by atoms with Crippen LogP contribution in [0.1, 0.15) is 18.5 Å². The van der Waals surface area contributed by atoms with Crippen LogP contribution in [0.2, 0.25) is 0 Å². The highest BCUT2D eigenvalue weighted by Crippen LogP contribution is 2.31. The Kier molecular flexibility index (Phi) is 4.90. The molecular weight excluding hydrogens is 386 g/mol. The second-order valence-electron chi connectivity index (χ2n) is 6.86. The van der Waals surface area contributed by atoms with Crippen LogP contribution in [0, 0.1) is 6.92 Å². The number of aromatic nitrogens is 2. The van der Waals surface area contributed by atoms with Gasteiger partial charge in [-0.1, -0.05) is 29.8 Å². The van der Waals surface area contributed by atoms with E-state index in [1.54, 1.807) is 19.1 Å². The average molecular weight is 405 g/mol. The van der Waals surface area contributed by atoms with Crippen LogP contribution in [0.5, 0.6) is 5.75 Å². The highest BCUT2D eigenvalue weighted by Gasteiger charge is 2.20. The SMILES string of the molecule is Cc1ccc(-c2csc3ncn(C(C)C(=O)Nc4ccc(O)cc4)c(=O)c23)cc1. The Balaban J connectivity index is 1.70. The first-order valence-corrected chi connectivity index (χ1v) is 9.97. The first-order chi connectivity index (χ1) is 13.9. The number of phenols is 1. The molecule has 4 aromatic rings. The van der Waals surface area contributed by atoms with Crippen LogP contribution in [0.3, 0.4) is 0 Å². The number of anilines is 1. The third kappa shape index (κ3) is 3.64. The van der Waals surface area contributed by atoms with Gasteiger partial charge in [-0.3, -0.25) is 14.2 Å². The minimum atomic E-state index is -0.751. The van der Waals surface area contributed by atoms with Gasteiger partial charge in [-0.25, -0.2) is 4.98 Å². The van der Waals surface area contributed by atoms with Gasteiger partial charge in [0.1, 0.15) is 16.6 Å². The van der Waals surface area contributed by atoms with E-state index in [9.17, 15) is 14.7 Å². The van der Waals surface area contributed by atoms with Crippen molar-refractivity contribution in [1.82, 2.24) is 9.55 Å². The van der Waals surface area contributed by atoms with Gasteiger partial charge in [-0.05, 0) is 43.7 Å². The summed E-state index contributed by atoms with van der Waals surface area (Å²) in [6, 6.07) is 13.4. The number of nitrogens with one attached hydrogen (secondary N) is 1. The lowest BCUT2D eigenvalue weighted by Gasteiger charge is -2.15. The van der Waals surface area contributed by atoms with Crippen LogP contribution in [-0.4, -0.2) is 20.6 Å². The van der Waals surface area contributed by atoms with E-state index >= 15 is 0 Å². The van der Waals surface area contributed by atoms with Crippen molar-refractivity contribution in [2.75, 3.05) is 5.32 Å². The second-order valence-corrected chi connectivity index (χ2v) is 7.72. The Labute approximate surface area is 171 Å². The fourth-order valence-electron chi connectivity index (χ4n) is 3.08. The largest absolute Gasteiger partial charge is 0.508 e. The third-order valence-electron chi connectivity index (χ3n) is 4.81. The molecule has 1 unspecified atom stereocenters. The van der Waals surface area contributed by atoms with E-state index in [0.717, 1.165) is 16.7 Å². The van der Waals surface area contributed by atoms with Crippen LogP contribution >= 0.6 is 11.3 Å². The maximum absolute atomic E-state index is 13.2. The van der Waals surface area contributed by atoms with Crippen LogP contribution in [0.4, 0.5) is 5.69 Å². The van der Waals surface area contributed by atoms with Crippen LogP contribution in [-0.2, 0) is 4.79 Å². The van der Waals surface area contributed by atoms with Crippen molar-refractivity contribution in [3.8, 4) is 16.9 Å². The number of hydrogen-bond donors (Lipinski definition) is 2. The molecule has 2 heterocycles. The summed E-state index contributed by atoms with van der Waals surface area (Å²) in [4.78, 5) is 30.9. The zero-order valence-electron chi connectivity index (χ0n) is 15.9. The maximum atomic E-state index is 13.2. The predicted octanol–water partition coefficient (Wildman–Crippen LogP) is 4.34. The minimum absolute atomic E-state index is 0.114. The van der Waals surface area contributed by atoms with E-state index in [-0.39, 0.29) is 17.2 Å². The Hall–Kier alpha value is -3.45. The summed E-state index contributed by atoms with van der Waals surface area (Å²) in [7, 11) is 0. The number of nitrogens with zero attached hydrogens (tertiary/aromatic N) is 2. The molecule has 7 heteroatoms. The molecule has 0 aliphatic heterocycles. The number of rotatable bonds is 4. The van der Waals surface area contributed by atoms with Gasteiger partial charge in [0.2, 0.25) is 5.91 Å². The molecule has 0 saturated carbocycles. The molecule has 0 spiro atoms. The Morgan fingerprint density at radius 2 is 1.83 bits per heavy atom. The van der Waals surface area contributed by atoms with Crippen molar-refractivity contribution in [2.45, 2.75) is 19.9 Å². The van der Waals surface area contributed by atoms with Gasteiger partial charge >= 0.3 is 0 Å². The zero-order valence-corrected chi connectivity index (χ0v) is 16.7. The molecular formula is C22H19N3O3S. The summed E-state index contributed by atoms with van der Waals surface area (Å²) in [5, 5.41) is 14.6. The molecule has 2 aromatic carbocycles. The van der Waals surface area contributed by atoms with Crippen molar-refractivity contribution in [1.29, 1.82) is 0 Å². The standard InChI is InChI=1S/C22H19N3O3S/c1-13-3-5-15(6-4-13)18-11-29-21-19(18)22(28)25(12-23-21)14(2)20(27)24-16-7-9-17(26)10-8-16/h3-12,14,26H,1-2H3,(H,24,27). The van der Waals surface area contributed by atoms with E-state index < -0.39 is 6.04 Å². The summed E-state index contributed by atoms with van der Waals surface area (Å²) in [6.45, 7) is 3.67. The van der Waals surface area contributed by atoms with Gasteiger partial charge in [0.25, 0.3) is 5.56 Å². The number of fused-ring (bicyclic) bond motifs is 1. The molecule has 1 atom stereocenters. The molecule has 0 fully saturated rings. The number of benzene rings is 2. The maximum Gasteiger partial charge on any atom is 0.263 e. The molecule has 6 nitrogen and oxygen atoms in total. The summed E-state index contributed by atoms with van der Waals surface area (Å²) < 4.78 is 1.35. The highest BCUT2D eigenvalue weighted by molar-refractivity contribution is 7.17. The average Bonchev–Trinajstić information content (AvgIpc) is 3.15. The van der Waals surface area contributed by atoms with Crippen molar-refractivity contribution < 1.29 is 9.90 Å². The van der Waals surface area contributed by atoms with Gasteiger partial charge in [0.05, 0.1) is 11.7 Å². The smallest absolute Gasteiger partial charge is 0.263 e. The van der Waals surface area contributed by atoms with Gasteiger partial charge < -0.3 is 10.4 Å². The number of thiophene rings is 1. The molecule has 0 aliphatic rings. The Bertz CT molecular complexity index is 1240. The molecule has 2 N–H and O–H groups in total. The zero-order chi connectivity index (χ0) is 20.5. The van der Waals surface area contributed by atoms with Gasteiger partial charge in [-0.2, -0.15) is 0 Å². The van der Waals surface area contributed by atoms with Gasteiger partial charge in [-0.15, -0.1) is 11.3 Å². The molecule has 29 heavy (non-hydrogen) atoms. The van der Waals surface area contributed by atoms with Crippen LogP contribution < -0.4 is 10.9 Å². The van der Waals surface area contributed by atoms with E-state index in [1.165, 1.54) is 34.4 Å². The quantitative estimate of drug-likeness (QED) is 0.495. The number of aryl methyl sites for hydroxylation is 1. The molecule has 4 rings (SSSR count). The molecule has 1 amide bonds. The molecule has 0 saturated heterocycles. The molecule has 0 bridgehead atoms.